The molecule has 1 fully saturated rings. The average Bonchev–Trinajstić information content (AvgIpc) is 2.63. The summed E-state index contributed by atoms with van der Waals surface area (Å²) < 4.78 is 0. The molecule has 0 spiro atoms. The van der Waals surface area contributed by atoms with Crippen molar-refractivity contribution in [3.05, 3.63) is 53.9 Å². The van der Waals surface area contributed by atoms with Crippen molar-refractivity contribution >= 4 is 23.1 Å². The van der Waals surface area contributed by atoms with E-state index < -0.39 is 0 Å². The quantitative estimate of drug-likeness (QED) is 0.874. The first-order chi connectivity index (χ1) is 11.6. The van der Waals surface area contributed by atoms with Gasteiger partial charge in [0.25, 0.3) is 5.91 Å². The van der Waals surface area contributed by atoms with Crippen LogP contribution < -0.4 is 10.2 Å². The van der Waals surface area contributed by atoms with Crippen molar-refractivity contribution < 1.29 is 9.59 Å². The van der Waals surface area contributed by atoms with Gasteiger partial charge in [-0.3, -0.25) is 9.59 Å². The number of nitrogens with one attached hydrogen (secondary N) is 1. The van der Waals surface area contributed by atoms with Gasteiger partial charge in [-0.05, 0) is 62.6 Å². The van der Waals surface area contributed by atoms with E-state index in [1.165, 1.54) is 26.2 Å². The number of Topliss-reactive ketones (excluding diaryl/α,β-unsaturated/α-hetero) is 1. The molecule has 24 heavy (non-hydrogen) atoms. The second-order valence-corrected chi connectivity index (χ2v) is 6.04. The number of pyridine rings is 1. The second kappa shape index (κ2) is 7.25. The van der Waals surface area contributed by atoms with Crippen LogP contribution in [0.4, 0.5) is 11.4 Å². The van der Waals surface area contributed by atoms with Gasteiger partial charge in [0.1, 0.15) is 5.69 Å². The molecular weight excluding hydrogens is 302 g/mol. The SMILES string of the molecule is CC(=O)c1ccc(NC(=O)c2ccc(N3CCCCC3)cn2)cc1. The molecule has 1 saturated heterocycles. The van der Waals surface area contributed by atoms with Gasteiger partial charge in [0, 0.05) is 24.3 Å². The number of piperidine rings is 1. The molecule has 0 aliphatic carbocycles. The molecule has 1 aliphatic rings. The highest BCUT2D eigenvalue weighted by atomic mass is 16.2. The van der Waals surface area contributed by atoms with Gasteiger partial charge < -0.3 is 10.2 Å². The van der Waals surface area contributed by atoms with E-state index >= 15 is 0 Å². The fraction of sp³-hybridized carbons (Fsp3) is 0.316. The number of ketones is 1. The number of amides is 1. The van der Waals surface area contributed by atoms with Gasteiger partial charge in [0.2, 0.25) is 0 Å². The van der Waals surface area contributed by atoms with E-state index in [1.54, 1.807) is 36.5 Å². The summed E-state index contributed by atoms with van der Waals surface area (Å²) in [6.07, 6.45) is 5.46. The Morgan fingerprint density at radius 1 is 1.00 bits per heavy atom. The number of aromatic nitrogens is 1. The zero-order valence-corrected chi connectivity index (χ0v) is 13.8. The molecule has 0 unspecified atom stereocenters. The van der Waals surface area contributed by atoms with Crippen molar-refractivity contribution in [2.75, 3.05) is 23.3 Å². The van der Waals surface area contributed by atoms with Crippen molar-refractivity contribution in [1.29, 1.82) is 0 Å². The molecule has 124 valence electrons. The Morgan fingerprint density at radius 3 is 2.29 bits per heavy atom. The van der Waals surface area contributed by atoms with Crippen LogP contribution in [0.15, 0.2) is 42.6 Å². The molecule has 3 rings (SSSR count). The summed E-state index contributed by atoms with van der Waals surface area (Å²) in [6, 6.07) is 10.5. The summed E-state index contributed by atoms with van der Waals surface area (Å²) in [5.74, 6) is -0.251. The highest BCUT2D eigenvalue weighted by molar-refractivity contribution is 6.03. The van der Waals surface area contributed by atoms with Crippen molar-refractivity contribution in [3.63, 3.8) is 0 Å². The number of carbonyl (C=O) groups is 2. The summed E-state index contributed by atoms with van der Waals surface area (Å²) in [5.41, 5.74) is 2.72. The predicted octanol–water partition coefficient (Wildman–Crippen LogP) is 3.53. The normalized spacial score (nSPS) is 14.3. The van der Waals surface area contributed by atoms with E-state index in [1.807, 2.05) is 6.07 Å². The smallest absolute Gasteiger partial charge is 0.274 e. The zero-order valence-electron chi connectivity index (χ0n) is 13.8. The minimum Gasteiger partial charge on any atom is -0.370 e. The Hall–Kier alpha value is -2.69. The maximum absolute atomic E-state index is 12.3. The van der Waals surface area contributed by atoms with Crippen LogP contribution in [0.5, 0.6) is 0 Å². The van der Waals surface area contributed by atoms with Crippen LogP contribution in [-0.2, 0) is 0 Å². The number of rotatable bonds is 4. The molecule has 0 radical (unpaired) electrons. The van der Waals surface area contributed by atoms with Gasteiger partial charge >= 0.3 is 0 Å². The summed E-state index contributed by atoms with van der Waals surface area (Å²) in [7, 11) is 0. The largest absolute Gasteiger partial charge is 0.370 e. The van der Waals surface area contributed by atoms with Gasteiger partial charge in [-0.2, -0.15) is 0 Å². The number of hydrogen-bond acceptors (Lipinski definition) is 4. The monoisotopic (exact) mass is 323 g/mol. The molecule has 2 heterocycles. The van der Waals surface area contributed by atoms with Gasteiger partial charge in [-0.15, -0.1) is 0 Å². The third-order valence-electron chi connectivity index (χ3n) is 4.25. The lowest BCUT2D eigenvalue weighted by Gasteiger charge is -2.28. The fourth-order valence-electron chi connectivity index (χ4n) is 2.84. The van der Waals surface area contributed by atoms with Crippen molar-refractivity contribution in [2.24, 2.45) is 0 Å². The lowest BCUT2D eigenvalue weighted by Crippen LogP contribution is -2.29. The molecule has 5 nitrogen and oxygen atoms in total. The molecule has 1 aliphatic heterocycles. The highest BCUT2D eigenvalue weighted by Crippen LogP contribution is 2.19. The van der Waals surface area contributed by atoms with Crippen LogP contribution in [0.25, 0.3) is 0 Å². The Morgan fingerprint density at radius 2 is 1.71 bits per heavy atom. The number of anilines is 2. The summed E-state index contributed by atoms with van der Waals surface area (Å²) >= 11 is 0. The first-order valence-electron chi connectivity index (χ1n) is 8.27. The minimum atomic E-state index is -0.254. The van der Waals surface area contributed by atoms with E-state index in [0.29, 0.717) is 16.9 Å². The average molecular weight is 323 g/mol. The van der Waals surface area contributed by atoms with Gasteiger partial charge in [-0.25, -0.2) is 4.98 Å². The lowest BCUT2D eigenvalue weighted by atomic mass is 10.1. The molecule has 1 N–H and O–H groups in total. The number of nitrogens with zero attached hydrogens (tertiary/aromatic N) is 2. The van der Waals surface area contributed by atoms with E-state index in [-0.39, 0.29) is 11.7 Å². The molecule has 1 aromatic carbocycles. The van der Waals surface area contributed by atoms with Crippen molar-refractivity contribution in [2.45, 2.75) is 26.2 Å². The van der Waals surface area contributed by atoms with Gasteiger partial charge in [0.15, 0.2) is 5.78 Å². The molecule has 1 amide bonds. The van der Waals surface area contributed by atoms with E-state index in [0.717, 1.165) is 18.8 Å². The molecule has 1 aromatic heterocycles. The first kappa shape index (κ1) is 16.2. The van der Waals surface area contributed by atoms with Gasteiger partial charge in [-0.1, -0.05) is 0 Å². The standard InChI is InChI=1S/C19H21N3O2/c1-14(23)15-5-7-16(8-6-15)21-19(24)18-10-9-17(13-20-18)22-11-3-2-4-12-22/h5-10,13H,2-4,11-12H2,1H3,(H,21,24). The van der Waals surface area contributed by atoms with E-state index in [4.69, 9.17) is 0 Å². The van der Waals surface area contributed by atoms with Crippen LogP contribution in [0.3, 0.4) is 0 Å². The Balaban J connectivity index is 1.65. The third kappa shape index (κ3) is 3.79. The van der Waals surface area contributed by atoms with Crippen LogP contribution >= 0.6 is 0 Å². The minimum absolute atomic E-state index is 0.00263. The van der Waals surface area contributed by atoms with E-state index in [9.17, 15) is 9.59 Å². The molecule has 2 aromatic rings. The van der Waals surface area contributed by atoms with Crippen LogP contribution in [0.2, 0.25) is 0 Å². The third-order valence-corrected chi connectivity index (χ3v) is 4.25. The second-order valence-electron chi connectivity index (χ2n) is 6.04. The van der Waals surface area contributed by atoms with Crippen LogP contribution in [0.1, 0.15) is 47.0 Å². The Kier molecular flexibility index (Phi) is 4.89. The van der Waals surface area contributed by atoms with Crippen molar-refractivity contribution in [3.8, 4) is 0 Å². The molecule has 0 bridgehead atoms. The maximum Gasteiger partial charge on any atom is 0.274 e. The fourth-order valence-corrected chi connectivity index (χ4v) is 2.84. The Labute approximate surface area is 141 Å². The molecular formula is C19H21N3O2. The number of hydrogen-bond donors (Lipinski definition) is 1. The van der Waals surface area contributed by atoms with Crippen LogP contribution in [-0.4, -0.2) is 29.8 Å². The Bertz CT molecular complexity index is 717. The molecule has 0 atom stereocenters. The maximum atomic E-state index is 12.3. The first-order valence-corrected chi connectivity index (χ1v) is 8.27. The summed E-state index contributed by atoms with van der Waals surface area (Å²) in [4.78, 5) is 30.1. The number of carbonyl (C=O) groups excluding carboxylic acids is 2. The van der Waals surface area contributed by atoms with Crippen LogP contribution in [0, 0.1) is 0 Å². The topological polar surface area (TPSA) is 62.3 Å². The predicted molar refractivity (Wildman–Crippen MR) is 94.7 cm³/mol. The van der Waals surface area contributed by atoms with E-state index in [2.05, 4.69) is 15.2 Å². The summed E-state index contributed by atoms with van der Waals surface area (Å²) in [5, 5.41) is 2.80. The zero-order chi connectivity index (χ0) is 16.9. The highest BCUT2D eigenvalue weighted by Gasteiger charge is 2.13. The molecule has 0 saturated carbocycles. The summed E-state index contributed by atoms with van der Waals surface area (Å²) in [6.45, 7) is 3.62. The molecule has 5 heteroatoms. The lowest BCUT2D eigenvalue weighted by molar-refractivity contribution is 0.101. The van der Waals surface area contributed by atoms with Gasteiger partial charge in [0.05, 0.1) is 11.9 Å². The van der Waals surface area contributed by atoms with Crippen molar-refractivity contribution in [1.82, 2.24) is 4.98 Å². The number of benzene rings is 1.